The Morgan fingerprint density at radius 1 is 0.444 bits per heavy atom. The van der Waals surface area contributed by atoms with Crippen LogP contribution < -0.4 is 0 Å². The average Bonchev–Trinajstić information content (AvgIpc) is 2.67. The molecular formula is C15H32O12. The molecule has 164 valence electrons. The molecule has 0 aromatic carbocycles. The lowest BCUT2D eigenvalue weighted by Crippen LogP contribution is -2.53. The molecule has 12 N–H and O–H groups in total. The molecule has 0 rings (SSSR count). The highest BCUT2D eigenvalue weighted by Crippen LogP contribution is 2.21. The minimum atomic E-state index is -2.03. The van der Waals surface area contributed by atoms with Gasteiger partial charge in [0.2, 0.25) is 0 Å². The van der Waals surface area contributed by atoms with Crippen LogP contribution >= 0.6 is 0 Å². The van der Waals surface area contributed by atoms with Gasteiger partial charge in [0.25, 0.3) is 0 Å². The molecular weight excluding hydrogens is 372 g/mol. The van der Waals surface area contributed by atoms with E-state index in [9.17, 15) is 51.1 Å². The summed E-state index contributed by atoms with van der Waals surface area (Å²) < 4.78 is 0. The van der Waals surface area contributed by atoms with Gasteiger partial charge in [-0.05, 0) is 12.3 Å². The maximum atomic E-state index is 10.0. The summed E-state index contributed by atoms with van der Waals surface area (Å²) in [5.41, 5.74) is 0. The smallest absolute Gasteiger partial charge is 0.111 e. The molecule has 0 radical (unpaired) electrons. The quantitative estimate of drug-likeness (QED) is 0.137. The van der Waals surface area contributed by atoms with Gasteiger partial charge in [0, 0.05) is 0 Å². The summed E-state index contributed by atoms with van der Waals surface area (Å²) in [6.45, 7) is -0.500. The van der Waals surface area contributed by atoms with Crippen molar-refractivity contribution in [2.45, 2.75) is 74.4 Å². The lowest BCUT2D eigenvalue weighted by atomic mass is 9.86. The number of hydrogen-bond acceptors (Lipinski definition) is 12. The molecule has 0 aromatic heterocycles. The number of rotatable bonds is 13. The van der Waals surface area contributed by atoms with Crippen LogP contribution in [0.1, 0.15) is 13.3 Å². The van der Waals surface area contributed by atoms with E-state index in [0.29, 0.717) is 0 Å². The van der Waals surface area contributed by atoms with Gasteiger partial charge in [-0.2, -0.15) is 0 Å². The topological polar surface area (TPSA) is 243 Å². The molecule has 12 nitrogen and oxygen atoms in total. The molecule has 0 heterocycles. The van der Waals surface area contributed by atoms with E-state index < -0.39 is 86.6 Å². The van der Waals surface area contributed by atoms with Crippen LogP contribution in [0, 0.1) is 5.92 Å². The van der Waals surface area contributed by atoms with Gasteiger partial charge in [0.15, 0.2) is 0 Å². The Morgan fingerprint density at radius 2 is 0.741 bits per heavy atom. The van der Waals surface area contributed by atoms with Gasteiger partial charge >= 0.3 is 0 Å². The predicted octanol–water partition coefficient (Wildman–Crippen LogP) is -6.39. The first kappa shape index (κ1) is 26.5. The molecule has 12 heteroatoms. The fourth-order valence-corrected chi connectivity index (χ4v) is 2.50. The van der Waals surface area contributed by atoms with Crippen LogP contribution in [0.5, 0.6) is 0 Å². The third kappa shape index (κ3) is 7.45. The highest BCUT2D eigenvalue weighted by atomic mass is 16.4. The van der Waals surface area contributed by atoms with E-state index >= 15 is 0 Å². The molecule has 0 saturated carbocycles. The second-order valence-corrected chi connectivity index (χ2v) is 6.71. The van der Waals surface area contributed by atoms with E-state index in [1.807, 2.05) is 0 Å². The van der Waals surface area contributed by atoms with Crippen molar-refractivity contribution < 1.29 is 61.3 Å². The summed E-state index contributed by atoms with van der Waals surface area (Å²) >= 11 is 0. The highest BCUT2D eigenvalue weighted by Gasteiger charge is 2.39. The van der Waals surface area contributed by atoms with E-state index in [0.717, 1.165) is 0 Å². The third-order valence-electron chi connectivity index (χ3n) is 4.50. The Hall–Kier alpha value is -0.480. The minimum absolute atomic E-state index is 0.441. The average molecular weight is 404 g/mol. The Kier molecular flexibility index (Phi) is 11.9. The molecule has 0 aliphatic heterocycles. The van der Waals surface area contributed by atoms with Crippen molar-refractivity contribution in [2.24, 2.45) is 5.92 Å². The summed E-state index contributed by atoms with van der Waals surface area (Å²) in [4.78, 5) is 0. The van der Waals surface area contributed by atoms with E-state index in [1.54, 1.807) is 0 Å². The van der Waals surface area contributed by atoms with Crippen LogP contribution in [-0.4, -0.2) is 136 Å². The fourth-order valence-electron chi connectivity index (χ4n) is 2.50. The monoisotopic (exact) mass is 404 g/mol. The van der Waals surface area contributed by atoms with Crippen LogP contribution in [0.25, 0.3) is 0 Å². The predicted molar refractivity (Wildman–Crippen MR) is 88.0 cm³/mol. The highest BCUT2D eigenvalue weighted by molar-refractivity contribution is 4.89. The van der Waals surface area contributed by atoms with E-state index in [4.69, 9.17) is 10.2 Å². The molecule has 0 saturated heterocycles. The van der Waals surface area contributed by atoms with Gasteiger partial charge in [-0.25, -0.2) is 0 Å². The Balaban J connectivity index is 4.82. The van der Waals surface area contributed by atoms with Gasteiger partial charge in [0.1, 0.15) is 48.8 Å². The molecule has 0 aromatic rings. The second-order valence-electron chi connectivity index (χ2n) is 6.71. The number of hydrogen-bond donors (Lipinski definition) is 12. The summed E-state index contributed by atoms with van der Waals surface area (Å²) in [7, 11) is 0. The van der Waals surface area contributed by atoms with Crippen LogP contribution in [-0.2, 0) is 0 Å². The molecule has 0 aliphatic rings. The van der Waals surface area contributed by atoms with Crippen molar-refractivity contribution in [1.82, 2.24) is 0 Å². The zero-order valence-electron chi connectivity index (χ0n) is 14.8. The summed E-state index contributed by atoms with van der Waals surface area (Å²) in [6, 6.07) is 0. The van der Waals surface area contributed by atoms with Crippen LogP contribution in [0.2, 0.25) is 0 Å². The van der Waals surface area contributed by atoms with Crippen molar-refractivity contribution in [3.63, 3.8) is 0 Å². The third-order valence-corrected chi connectivity index (χ3v) is 4.50. The van der Waals surface area contributed by atoms with E-state index in [1.165, 1.54) is 6.92 Å². The zero-order chi connectivity index (χ0) is 21.5. The summed E-state index contributed by atoms with van der Waals surface area (Å²) in [6.07, 6.45) is -19.4. The zero-order valence-corrected chi connectivity index (χ0v) is 14.8. The first-order chi connectivity index (χ1) is 12.4. The van der Waals surface area contributed by atoms with Gasteiger partial charge in [-0.15, -0.1) is 0 Å². The fraction of sp³-hybridized carbons (Fsp3) is 1.00. The number of aliphatic hydroxyl groups excluding tert-OH is 12. The first-order valence-corrected chi connectivity index (χ1v) is 8.42. The number of aliphatic hydroxyl groups is 12. The first-order valence-electron chi connectivity index (χ1n) is 8.42. The SMILES string of the molecule is CC(CC(O)[C@@H](O)[C@H](O)[C@@H](O)[C@@H](O)CO)C(O)[C@@H](O)[C@H](O)[C@@H](O)[C@@H](O)CO. The van der Waals surface area contributed by atoms with Crippen LogP contribution in [0.4, 0.5) is 0 Å². The molecule has 11 atom stereocenters. The molecule has 0 spiro atoms. The van der Waals surface area contributed by atoms with Crippen LogP contribution in [0.3, 0.4) is 0 Å². The van der Waals surface area contributed by atoms with Gasteiger partial charge < -0.3 is 61.3 Å². The lowest BCUT2D eigenvalue weighted by Gasteiger charge is -2.33. The maximum absolute atomic E-state index is 10.0. The molecule has 0 aliphatic carbocycles. The lowest BCUT2D eigenvalue weighted by molar-refractivity contribution is -0.158. The van der Waals surface area contributed by atoms with Crippen molar-refractivity contribution in [1.29, 1.82) is 0 Å². The van der Waals surface area contributed by atoms with Crippen LogP contribution in [0.15, 0.2) is 0 Å². The molecule has 0 amide bonds. The summed E-state index contributed by atoms with van der Waals surface area (Å²) in [5, 5.41) is 114. The van der Waals surface area contributed by atoms with E-state index in [-0.39, 0.29) is 0 Å². The van der Waals surface area contributed by atoms with Gasteiger partial charge in [0.05, 0.1) is 25.4 Å². The van der Waals surface area contributed by atoms with Crippen molar-refractivity contribution >= 4 is 0 Å². The minimum Gasteiger partial charge on any atom is -0.394 e. The molecule has 0 bridgehead atoms. The van der Waals surface area contributed by atoms with Gasteiger partial charge in [-0.1, -0.05) is 6.92 Å². The Labute approximate surface area is 155 Å². The summed E-state index contributed by atoms with van der Waals surface area (Å²) in [5.74, 6) is -1.01. The normalized spacial score (nSPS) is 24.8. The molecule has 3 unspecified atom stereocenters. The maximum Gasteiger partial charge on any atom is 0.111 e. The Morgan fingerprint density at radius 3 is 1.11 bits per heavy atom. The van der Waals surface area contributed by atoms with E-state index in [2.05, 4.69) is 0 Å². The Bertz CT molecular complexity index is 399. The molecule has 27 heavy (non-hydrogen) atoms. The molecule has 0 fully saturated rings. The van der Waals surface area contributed by atoms with Crippen molar-refractivity contribution in [3.8, 4) is 0 Å². The standard InChI is InChI=1S/C15H32O12/c1-5(9(21)13(25)15(27)12(24)8(20)4-17)2-6(18)10(22)14(26)11(23)7(19)3-16/h5-27H,2-4H2,1H3/t5?,6?,7-,8-,9?,10+,11-,12-,13+,14-,15+/m0/s1. The largest absolute Gasteiger partial charge is 0.394 e. The van der Waals surface area contributed by atoms with Gasteiger partial charge in [-0.3, -0.25) is 0 Å². The van der Waals surface area contributed by atoms with Crippen molar-refractivity contribution in [3.05, 3.63) is 0 Å². The second kappa shape index (κ2) is 12.2. The van der Waals surface area contributed by atoms with Crippen molar-refractivity contribution in [2.75, 3.05) is 13.2 Å².